The van der Waals surface area contributed by atoms with Gasteiger partial charge in [0.25, 0.3) is 0 Å². The van der Waals surface area contributed by atoms with E-state index in [9.17, 15) is 0 Å². The fourth-order valence-corrected chi connectivity index (χ4v) is 4.20. The maximum Gasteiger partial charge on any atom is 0.0745 e. The smallest absolute Gasteiger partial charge is 0.0745 e. The molecule has 0 spiro atoms. The molecule has 0 amide bonds. The molecule has 2 aromatic rings. The fourth-order valence-electron chi connectivity index (χ4n) is 3.75. The van der Waals surface area contributed by atoms with Crippen LogP contribution in [0.5, 0.6) is 0 Å². The van der Waals surface area contributed by atoms with Gasteiger partial charge in [-0.25, -0.2) is 0 Å². The Kier molecular flexibility index (Phi) is 4.32. The SMILES string of the molecule is CC(C)CC1(Cc2ccc(Br)c3cccnc23)CCCN1. The first kappa shape index (κ1) is 15.0. The lowest BCUT2D eigenvalue weighted by Crippen LogP contribution is -2.43. The van der Waals surface area contributed by atoms with E-state index in [1.165, 1.54) is 30.2 Å². The summed E-state index contributed by atoms with van der Waals surface area (Å²) in [6, 6.07) is 8.56. The quantitative estimate of drug-likeness (QED) is 0.867. The molecule has 112 valence electrons. The highest BCUT2D eigenvalue weighted by molar-refractivity contribution is 9.10. The first-order valence-electron chi connectivity index (χ1n) is 7.87. The molecule has 1 aromatic heterocycles. The van der Waals surface area contributed by atoms with Gasteiger partial charge in [-0.2, -0.15) is 0 Å². The van der Waals surface area contributed by atoms with Gasteiger partial charge in [0.05, 0.1) is 5.52 Å². The van der Waals surface area contributed by atoms with Crippen LogP contribution in [0.2, 0.25) is 0 Å². The molecule has 1 saturated heterocycles. The van der Waals surface area contributed by atoms with Crippen molar-refractivity contribution in [2.45, 2.75) is 45.1 Å². The van der Waals surface area contributed by atoms with Crippen molar-refractivity contribution in [3.63, 3.8) is 0 Å². The number of nitrogens with one attached hydrogen (secondary N) is 1. The molecular formula is C18H23BrN2. The van der Waals surface area contributed by atoms with Crippen LogP contribution in [-0.2, 0) is 6.42 Å². The summed E-state index contributed by atoms with van der Waals surface area (Å²) in [5.74, 6) is 0.713. The van der Waals surface area contributed by atoms with Crippen LogP contribution in [0.4, 0.5) is 0 Å². The zero-order valence-corrected chi connectivity index (χ0v) is 14.4. The molecule has 1 N–H and O–H groups in total. The first-order valence-corrected chi connectivity index (χ1v) is 8.66. The van der Waals surface area contributed by atoms with E-state index in [0.29, 0.717) is 5.92 Å². The van der Waals surface area contributed by atoms with Gasteiger partial charge in [-0.1, -0.05) is 41.9 Å². The summed E-state index contributed by atoms with van der Waals surface area (Å²) in [5.41, 5.74) is 2.76. The summed E-state index contributed by atoms with van der Waals surface area (Å²) in [4.78, 5) is 4.64. The van der Waals surface area contributed by atoms with Crippen LogP contribution in [0.1, 0.15) is 38.7 Å². The first-order chi connectivity index (χ1) is 10.1. The Morgan fingerprint density at radius 2 is 2.19 bits per heavy atom. The minimum absolute atomic E-state index is 0.256. The molecule has 21 heavy (non-hydrogen) atoms. The number of benzene rings is 1. The molecule has 2 heterocycles. The zero-order chi connectivity index (χ0) is 14.9. The van der Waals surface area contributed by atoms with Crippen LogP contribution in [0.3, 0.4) is 0 Å². The lowest BCUT2D eigenvalue weighted by atomic mass is 9.81. The molecule has 2 nitrogen and oxygen atoms in total. The zero-order valence-electron chi connectivity index (χ0n) is 12.8. The topological polar surface area (TPSA) is 24.9 Å². The van der Waals surface area contributed by atoms with Gasteiger partial charge in [-0.3, -0.25) is 4.98 Å². The third kappa shape index (κ3) is 3.14. The Hall–Kier alpha value is -0.930. The van der Waals surface area contributed by atoms with Gasteiger partial charge in [-0.05, 0) is 55.8 Å². The van der Waals surface area contributed by atoms with Crippen molar-refractivity contribution < 1.29 is 0 Å². The van der Waals surface area contributed by atoms with Crippen LogP contribution >= 0.6 is 15.9 Å². The summed E-state index contributed by atoms with van der Waals surface area (Å²) < 4.78 is 1.13. The number of pyridine rings is 1. The average Bonchev–Trinajstić information content (AvgIpc) is 2.90. The van der Waals surface area contributed by atoms with E-state index in [1.807, 2.05) is 12.3 Å². The maximum atomic E-state index is 4.64. The van der Waals surface area contributed by atoms with Crippen molar-refractivity contribution in [2.24, 2.45) is 5.92 Å². The molecule has 1 aliphatic rings. The second-order valence-corrected chi connectivity index (χ2v) is 7.55. The van der Waals surface area contributed by atoms with Gasteiger partial charge in [0, 0.05) is 21.6 Å². The van der Waals surface area contributed by atoms with E-state index in [-0.39, 0.29) is 5.54 Å². The highest BCUT2D eigenvalue weighted by Crippen LogP contribution is 2.34. The predicted octanol–water partition coefficient (Wildman–Crippen LogP) is 4.71. The van der Waals surface area contributed by atoms with Crippen molar-refractivity contribution in [3.8, 4) is 0 Å². The van der Waals surface area contributed by atoms with Gasteiger partial charge >= 0.3 is 0 Å². The van der Waals surface area contributed by atoms with Crippen LogP contribution in [0, 0.1) is 5.92 Å². The molecule has 3 heteroatoms. The maximum absolute atomic E-state index is 4.64. The Bertz CT molecular complexity index is 630. The molecule has 0 bridgehead atoms. The van der Waals surface area contributed by atoms with Crippen molar-refractivity contribution >= 4 is 26.8 Å². The van der Waals surface area contributed by atoms with Crippen LogP contribution in [0.25, 0.3) is 10.9 Å². The molecule has 1 fully saturated rings. The third-order valence-electron chi connectivity index (χ3n) is 4.46. The Morgan fingerprint density at radius 1 is 1.33 bits per heavy atom. The molecule has 0 aliphatic carbocycles. The second kappa shape index (κ2) is 6.05. The van der Waals surface area contributed by atoms with Gasteiger partial charge < -0.3 is 5.32 Å². The van der Waals surface area contributed by atoms with Crippen molar-refractivity contribution in [1.82, 2.24) is 10.3 Å². The minimum atomic E-state index is 0.256. The van der Waals surface area contributed by atoms with E-state index in [1.54, 1.807) is 0 Å². The molecule has 1 unspecified atom stereocenters. The fraction of sp³-hybridized carbons (Fsp3) is 0.500. The number of nitrogens with zero attached hydrogens (tertiary/aromatic N) is 1. The molecule has 1 atom stereocenters. The van der Waals surface area contributed by atoms with Gasteiger partial charge in [0.2, 0.25) is 0 Å². The molecule has 0 saturated carbocycles. The number of hydrogen-bond donors (Lipinski definition) is 1. The average molecular weight is 347 g/mol. The summed E-state index contributed by atoms with van der Waals surface area (Å²) in [7, 11) is 0. The normalized spacial score (nSPS) is 22.3. The van der Waals surface area contributed by atoms with Gasteiger partial charge in [0.15, 0.2) is 0 Å². The molecule has 1 aromatic carbocycles. The molecule has 3 rings (SSSR count). The highest BCUT2D eigenvalue weighted by atomic mass is 79.9. The Balaban J connectivity index is 1.98. The predicted molar refractivity (Wildman–Crippen MR) is 92.6 cm³/mol. The number of rotatable bonds is 4. The van der Waals surface area contributed by atoms with Crippen LogP contribution in [0.15, 0.2) is 34.9 Å². The van der Waals surface area contributed by atoms with Crippen molar-refractivity contribution in [3.05, 3.63) is 40.5 Å². The monoisotopic (exact) mass is 346 g/mol. The van der Waals surface area contributed by atoms with Crippen LogP contribution < -0.4 is 5.32 Å². The largest absolute Gasteiger partial charge is 0.311 e. The van der Waals surface area contributed by atoms with E-state index < -0.39 is 0 Å². The second-order valence-electron chi connectivity index (χ2n) is 6.69. The highest BCUT2D eigenvalue weighted by Gasteiger charge is 2.34. The third-order valence-corrected chi connectivity index (χ3v) is 5.15. The number of halogens is 1. The van der Waals surface area contributed by atoms with E-state index >= 15 is 0 Å². The number of hydrogen-bond acceptors (Lipinski definition) is 2. The van der Waals surface area contributed by atoms with Crippen molar-refractivity contribution in [1.29, 1.82) is 0 Å². The number of aromatic nitrogens is 1. The Labute approximate surface area is 135 Å². The Morgan fingerprint density at radius 3 is 2.90 bits per heavy atom. The number of fused-ring (bicyclic) bond motifs is 1. The van der Waals surface area contributed by atoms with Gasteiger partial charge in [-0.15, -0.1) is 0 Å². The van der Waals surface area contributed by atoms with E-state index in [2.05, 4.69) is 58.3 Å². The summed E-state index contributed by atoms with van der Waals surface area (Å²) in [5, 5.41) is 5.01. The lowest BCUT2D eigenvalue weighted by Gasteiger charge is -2.32. The molecule has 0 radical (unpaired) electrons. The standard InChI is InChI=1S/C18H23BrN2/c1-13(2)11-18(8-4-10-21-18)12-14-6-7-16(19)15-5-3-9-20-17(14)15/h3,5-7,9,13,21H,4,8,10-12H2,1-2H3. The van der Waals surface area contributed by atoms with E-state index in [0.717, 1.165) is 23.0 Å². The molecular weight excluding hydrogens is 324 g/mol. The summed E-state index contributed by atoms with van der Waals surface area (Å²) in [6.07, 6.45) is 6.77. The van der Waals surface area contributed by atoms with Crippen molar-refractivity contribution in [2.75, 3.05) is 6.54 Å². The molecule has 1 aliphatic heterocycles. The summed E-state index contributed by atoms with van der Waals surface area (Å²) >= 11 is 3.64. The summed E-state index contributed by atoms with van der Waals surface area (Å²) in [6.45, 7) is 5.79. The van der Waals surface area contributed by atoms with E-state index in [4.69, 9.17) is 0 Å². The van der Waals surface area contributed by atoms with Crippen LogP contribution in [-0.4, -0.2) is 17.1 Å². The minimum Gasteiger partial charge on any atom is -0.311 e. The van der Waals surface area contributed by atoms with Gasteiger partial charge in [0.1, 0.15) is 0 Å². The lowest BCUT2D eigenvalue weighted by molar-refractivity contribution is 0.302.